The van der Waals surface area contributed by atoms with Crippen molar-refractivity contribution < 1.29 is 19.4 Å². The highest BCUT2D eigenvalue weighted by Crippen LogP contribution is 2.32. The Bertz CT molecular complexity index is 695. The van der Waals surface area contributed by atoms with Gasteiger partial charge in [-0.15, -0.1) is 11.3 Å². The number of aromatic nitrogens is 1. The van der Waals surface area contributed by atoms with Crippen LogP contribution in [0.15, 0.2) is 18.2 Å². The molecule has 1 aliphatic rings. The summed E-state index contributed by atoms with van der Waals surface area (Å²) in [6.45, 7) is 3.10. The number of nitrogens with zero attached hydrogens (tertiary/aromatic N) is 1. The number of aliphatic carboxylic acids is 1. The highest BCUT2D eigenvalue weighted by molar-refractivity contribution is 7.11. The predicted molar refractivity (Wildman–Crippen MR) is 83.0 cm³/mol. The smallest absolute Gasteiger partial charge is 0.303 e. The van der Waals surface area contributed by atoms with Gasteiger partial charge in [0, 0.05) is 11.3 Å². The van der Waals surface area contributed by atoms with Crippen LogP contribution in [0.25, 0.3) is 0 Å². The van der Waals surface area contributed by atoms with Crippen LogP contribution in [0.1, 0.15) is 27.6 Å². The summed E-state index contributed by atoms with van der Waals surface area (Å²) >= 11 is 1.59. The zero-order chi connectivity index (χ0) is 15.5. The molecular weight excluding hydrogens is 302 g/mol. The number of benzene rings is 1. The molecule has 2 aromatic rings. The molecule has 0 aliphatic carbocycles. The van der Waals surface area contributed by atoms with Gasteiger partial charge in [-0.1, -0.05) is 6.07 Å². The molecule has 2 heterocycles. The van der Waals surface area contributed by atoms with E-state index in [2.05, 4.69) is 4.98 Å². The molecule has 6 heteroatoms. The first-order chi connectivity index (χ1) is 10.6. The number of ether oxygens (including phenoxy) is 2. The second-order valence-electron chi connectivity index (χ2n) is 5.16. The van der Waals surface area contributed by atoms with Crippen LogP contribution in [0.3, 0.4) is 0 Å². The second-order valence-corrected chi connectivity index (χ2v) is 6.33. The van der Waals surface area contributed by atoms with E-state index in [1.807, 2.05) is 25.1 Å². The Morgan fingerprint density at radius 1 is 1.32 bits per heavy atom. The summed E-state index contributed by atoms with van der Waals surface area (Å²) in [5.41, 5.74) is 2.04. The summed E-state index contributed by atoms with van der Waals surface area (Å²) in [6, 6.07) is 5.93. The largest absolute Gasteiger partial charge is 0.486 e. The van der Waals surface area contributed by atoms with Crippen LogP contribution in [0.5, 0.6) is 11.5 Å². The van der Waals surface area contributed by atoms with Gasteiger partial charge < -0.3 is 14.6 Å². The van der Waals surface area contributed by atoms with Crippen molar-refractivity contribution in [3.63, 3.8) is 0 Å². The fourth-order valence-electron chi connectivity index (χ4n) is 2.39. The SMILES string of the molecule is Cc1nc(Cc2ccc3c(c2)OCCO3)sc1CCC(=O)O. The fraction of sp³-hybridized carbons (Fsp3) is 0.375. The van der Waals surface area contributed by atoms with Crippen LogP contribution in [0, 0.1) is 6.92 Å². The van der Waals surface area contributed by atoms with Gasteiger partial charge in [0.1, 0.15) is 13.2 Å². The lowest BCUT2D eigenvalue weighted by Gasteiger charge is -2.18. The highest BCUT2D eigenvalue weighted by Gasteiger charge is 2.14. The summed E-state index contributed by atoms with van der Waals surface area (Å²) in [5.74, 6) is 0.789. The number of aryl methyl sites for hydroxylation is 2. The summed E-state index contributed by atoms with van der Waals surface area (Å²) in [4.78, 5) is 16.3. The van der Waals surface area contributed by atoms with Crippen LogP contribution < -0.4 is 9.47 Å². The van der Waals surface area contributed by atoms with Gasteiger partial charge in [0.25, 0.3) is 0 Å². The van der Waals surface area contributed by atoms with Crippen LogP contribution in [0.4, 0.5) is 0 Å². The molecule has 22 heavy (non-hydrogen) atoms. The Hall–Kier alpha value is -2.08. The van der Waals surface area contributed by atoms with E-state index in [1.165, 1.54) is 0 Å². The average molecular weight is 319 g/mol. The van der Waals surface area contributed by atoms with Crippen molar-refractivity contribution in [2.45, 2.75) is 26.2 Å². The topological polar surface area (TPSA) is 68.7 Å². The molecule has 0 radical (unpaired) electrons. The molecule has 1 aromatic heterocycles. The predicted octanol–water partition coefficient (Wildman–Crippen LogP) is 2.83. The Labute approximate surface area is 132 Å². The zero-order valence-electron chi connectivity index (χ0n) is 12.3. The van der Waals surface area contributed by atoms with Crippen LogP contribution >= 0.6 is 11.3 Å². The monoisotopic (exact) mass is 319 g/mol. The number of rotatable bonds is 5. The zero-order valence-corrected chi connectivity index (χ0v) is 13.1. The lowest BCUT2D eigenvalue weighted by molar-refractivity contribution is -0.136. The van der Waals surface area contributed by atoms with Gasteiger partial charge in [-0.3, -0.25) is 4.79 Å². The number of carbonyl (C=O) groups is 1. The highest BCUT2D eigenvalue weighted by atomic mass is 32.1. The molecule has 0 saturated heterocycles. The summed E-state index contributed by atoms with van der Waals surface area (Å²) < 4.78 is 11.1. The minimum atomic E-state index is -0.777. The van der Waals surface area contributed by atoms with E-state index >= 15 is 0 Å². The maximum absolute atomic E-state index is 10.7. The number of hydrogen-bond acceptors (Lipinski definition) is 5. The maximum Gasteiger partial charge on any atom is 0.303 e. The lowest BCUT2D eigenvalue weighted by Crippen LogP contribution is -2.15. The minimum Gasteiger partial charge on any atom is -0.486 e. The van der Waals surface area contributed by atoms with Gasteiger partial charge in [-0.2, -0.15) is 0 Å². The summed E-state index contributed by atoms with van der Waals surface area (Å²) in [7, 11) is 0. The van der Waals surface area contributed by atoms with E-state index < -0.39 is 5.97 Å². The number of hydrogen-bond donors (Lipinski definition) is 1. The molecule has 0 bridgehead atoms. The minimum absolute atomic E-state index is 0.145. The number of thiazole rings is 1. The standard InChI is InChI=1S/C16H17NO4S/c1-10-14(4-5-16(18)19)22-15(17-10)9-11-2-3-12-13(8-11)21-7-6-20-12/h2-3,8H,4-7,9H2,1H3,(H,18,19). The van der Waals surface area contributed by atoms with Crippen LogP contribution in [-0.4, -0.2) is 29.3 Å². The van der Waals surface area contributed by atoms with Crippen molar-refractivity contribution >= 4 is 17.3 Å². The van der Waals surface area contributed by atoms with E-state index in [4.69, 9.17) is 14.6 Å². The molecule has 0 saturated carbocycles. The molecule has 0 spiro atoms. The average Bonchev–Trinajstić information content (AvgIpc) is 2.85. The summed E-state index contributed by atoms with van der Waals surface area (Å²) in [6.07, 6.45) is 1.40. The third-order valence-electron chi connectivity index (χ3n) is 3.46. The molecule has 5 nitrogen and oxygen atoms in total. The number of carboxylic acid groups (broad SMARTS) is 1. The van der Waals surface area contributed by atoms with Crippen molar-refractivity contribution in [3.8, 4) is 11.5 Å². The van der Waals surface area contributed by atoms with E-state index in [-0.39, 0.29) is 6.42 Å². The Morgan fingerprint density at radius 3 is 2.86 bits per heavy atom. The van der Waals surface area contributed by atoms with Gasteiger partial charge >= 0.3 is 5.97 Å². The molecule has 1 aliphatic heterocycles. The molecule has 0 fully saturated rings. The first-order valence-corrected chi connectivity index (χ1v) is 7.99. The molecular formula is C16H17NO4S. The normalized spacial score (nSPS) is 13.1. The molecule has 0 unspecified atom stereocenters. The molecule has 0 amide bonds. The van der Waals surface area contributed by atoms with Crippen molar-refractivity contribution in [2.24, 2.45) is 0 Å². The summed E-state index contributed by atoms with van der Waals surface area (Å²) in [5, 5.41) is 9.77. The van der Waals surface area contributed by atoms with E-state index in [9.17, 15) is 4.79 Å². The van der Waals surface area contributed by atoms with E-state index in [0.29, 0.717) is 19.6 Å². The van der Waals surface area contributed by atoms with Crippen molar-refractivity contribution in [1.29, 1.82) is 0 Å². The first-order valence-electron chi connectivity index (χ1n) is 7.17. The molecule has 116 valence electrons. The molecule has 3 rings (SSSR count). The van der Waals surface area contributed by atoms with E-state index in [1.54, 1.807) is 11.3 Å². The van der Waals surface area contributed by atoms with Gasteiger partial charge in [0.15, 0.2) is 11.5 Å². The molecule has 0 atom stereocenters. The Kier molecular flexibility index (Phi) is 4.29. The Balaban J connectivity index is 1.73. The number of fused-ring (bicyclic) bond motifs is 1. The van der Waals surface area contributed by atoms with Gasteiger partial charge in [0.05, 0.1) is 17.1 Å². The van der Waals surface area contributed by atoms with Crippen molar-refractivity contribution in [1.82, 2.24) is 4.98 Å². The van der Waals surface area contributed by atoms with Gasteiger partial charge in [-0.05, 0) is 31.0 Å². The molecule has 1 aromatic carbocycles. The van der Waals surface area contributed by atoms with Crippen molar-refractivity contribution in [3.05, 3.63) is 39.3 Å². The van der Waals surface area contributed by atoms with Gasteiger partial charge in [-0.25, -0.2) is 4.98 Å². The first kappa shape index (κ1) is 14.8. The van der Waals surface area contributed by atoms with E-state index in [0.717, 1.165) is 39.1 Å². The molecule has 1 N–H and O–H groups in total. The van der Waals surface area contributed by atoms with Crippen LogP contribution in [0.2, 0.25) is 0 Å². The fourth-order valence-corrected chi connectivity index (χ4v) is 3.49. The number of carboxylic acids is 1. The van der Waals surface area contributed by atoms with Crippen molar-refractivity contribution in [2.75, 3.05) is 13.2 Å². The Morgan fingerprint density at radius 2 is 2.09 bits per heavy atom. The third kappa shape index (κ3) is 3.39. The third-order valence-corrected chi connectivity index (χ3v) is 4.68. The second kappa shape index (κ2) is 6.36. The maximum atomic E-state index is 10.7. The van der Waals surface area contributed by atoms with Crippen LogP contribution in [-0.2, 0) is 17.6 Å². The quantitative estimate of drug-likeness (QED) is 0.918. The lowest BCUT2D eigenvalue weighted by atomic mass is 10.1. The van der Waals surface area contributed by atoms with Gasteiger partial charge in [0.2, 0.25) is 0 Å².